The average molecular weight is 246 g/mol. The molecular formula is C6F6N2O2. The summed E-state index contributed by atoms with van der Waals surface area (Å²) >= 11 is 0. The van der Waals surface area contributed by atoms with Crippen LogP contribution >= 0.6 is 0 Å². The van der Waals surface area contributed by atoms with Crippen molar-refractivity contribution in [3.8, 4) is 12.1 Å². The molecule has 0 unspecified atom stereocenters. The number of hydrogen-bond acceptors (Lipinski definition) is 4. The molecule has 0 heterocycles. The topological polar surface area (TPSA) is 73.9 Å². The van der Waals surface area contributed by atoms with E-state index in [9.17, 15) is 31.1 Å². The smallest absolute Gasteiger partial charge is 0.415 e. The lowest BCUT2D eigenvalue weighted by molar-refractivity contribution is -0.252. The molecule has 0 N–H and O–H groups in total. The minimum Gasteiger partial charge on any atom is -0.415 e. The van der Waals surface area contributed by atoms with Gasteiger partial charge in [-0.15, -0.1) is 0 Å². The zero-order chi connectivity index (χ0) is 13.2. The van der Waals surface area contributed by atoms with E-state index >= 15 is 0 Å². The van der Waals surface area contributed by atoms with E-state index in [1.165, 1.54) is 0 Å². The van der Waals surface area contributed by atoms with E-state index in [-0.39, 0.29) is 12.1 Å². The van der Waals surface area contributed by atoms with Crippen LogP contribution in [0.4, 0.5) is 26.3 Å². The Labute approximate surface area is 83.6 Å². The second-order valence-corrected chi connectivity index (χ2v) is 2.29. The lowest BCUT2D eigenvalue weighted by Crippen LogP contribution is -2.49. The number of carbonyl (C=O) groups excluding carboxylic acids is 1. The van der Waals surface area contributed by atoms with Crippen LogP contribution in [0.3, 0.4) is 0 Å². The van der Waals surface area contributed by atoms with Crippen LogP contribution in [0, 0.1) is 22.7 Å². The maximum atomic E-state index is 12.0. The molecule has 0 aliphatic heterocycles. The third kappa shape index (κ3) is 2.53. The number of nitrogens with zero attached hydrogens (tertiary/aromatic N) is 2. The van der Waals surface area contributed by atoms with E-state index in [1.54, 1.807) is 0 Å². The Bertz CT molecular complexity index is 356. The third-order valence-corrected chi connectivity index (χ3v) is 1.19. The van der Waals surface area contributed by atoms with Gasteiger partial charge < -0.3 is 4.74 Å². The van der Waals surface area contributed by atoms with Crippen LogP contribution in [0.15, 0.2) is 0 Å². The Morgan fingerprint density at radius 2 is 1.38 bits per heavy atom. The van der Waals surface area contributed by atoms with Crippen molar-refractivity contribution in [2.75, 3.05) is 0 Å². The Morgan fingerprint density at radius 3 is 1.56 bits per heavy atom. The van der Waals surface area contributed by atoms with E-state index in [0.29, 0.717) is 0 Å². The van der Waals surface area contributed by atoms with Gasteiger partial charge in [-0.1, -0.05) is 0 Å². The van der Waals surface area contributed by atoms with Crippen LogP contribution in [-0.4, -0.2) is 23.9 Å². The van der Waals surface area contributed by atoms with Crippen LogP contribution in [-0.2, 0) is 9.53 Å². The number of halogens is 6. The summed E-state index contributed by atoms with van der Waals surface area (Å²) in [6.07, 6.45) is -11.5. The minimum atomic E-state index is -5.75. The van der Waals surface area contributed by atoms with Crippen LogP contribution in [0.1, 0.15) is 0 Å². The standard InChI is InChI=1S/C6F6N2O2/c7-5(8,9)3(15)16-4(1-13,2-14)6(10,11)12. The first-order valence-electron chi connectivity index (χ1n) is 3.19. The first kappa shape index (κ1) is 14.0. The monoisotopic (exact) mass is 246 g/mol. The van der Waals surface area contributed by atoms with Crippen molar-refractivity contribution in [3.63, 3.8) is 0 Å². The van der Waals surface area contributed by atoms with Gasteiger partial charge in [0, 0.05) is 0 Å². The SMILES string of the molecule is N#CC(C#N)(OC(=O)C(F)(F)F)C(F)(F)F. The predicted octanol–water partition coefficient (Wildman–Crippen LogP) is 1.44. The first-order chi connectivity index (χ1) is 7.00. The molecule has 88 valence electrons. The summed E-state index contributed by atoms with van der Waals surface area (Å²) in [6.45, 7) is 0. The molecule has 10 heteroatoms. The predicted molar refractivity (Wildman–Crippen MR) is 32.2 cm³/mol. The van der Waals surface area contributed by atoms with Gasteiger partial charge in [0.1, 0.15) is 12.1 Å². The van der Waals surface area contributed by atoms with Gasteiger partial charge in [-0.3, -0.25) is 0 Å². The average Bonchev–Trinajstić information content (AvgIpc) is 2.10. The summed E-state index contributed by atoms with van der Waals surface area (Å²) in [5, 5.41) is 16.0. The van der Waals surface area contributed by atoms with Crippen molar-refractivity contribution in [2.45, 2.75) is 18.0 Å². The zero-order valence-corrected chi connectivity index (χ0v) is 6.98. The van der Waals surface area contributed by atoms with E-state index in [0.717, 1.165) is 0 Å². The van der Waals surface area contributed by atoms with E-state index in [4.69, 9.17) is 10.5 Å². The number of hydrogen-bond donors (Lipinski definition) is 0. The van der Waals surface area contributed by atoms with Crippen molar-refractivity contribution >= 4 is 5.97 Å². The number of ether oxygens (including phenoxy) is 1. The van der Waals surface area contributed by atoms with Gasteiger partial charge in [0.05, 0.1) is 0 Å². The van der Waals surface area contributed by atoms with Crippen LogP contribution < -0.4 is 0 Å². The first-order valence-corrected chi connectivity index (χ1v) is 3.19. The maximum Gasteiger partial charge on any atom is 0.491 e. The lowest BCUT2D eigenvalue weighted by Gasteiger charge is -2.22. The highest BCUT2D eigenvalue weighted by Gasteiger charge is 2.63. The molecule has 0 rings (SSSR count). The number of rotatable bonds is 1. The lowest BCUT2D eigenvalue weighted by atomic mass is 10.1. The zero-order valence-electron chi connectivity index (χ0n) is 6.98. The Kier molecular flexibility index (Phi) is 3.41. The minimum absolute atomic E-state index is 0.179. The molecule has 4 nitrogen and oxygen atoms in total. The van der Waals surface area contributed by atoms with Gasteiger partial charge in [0.25, 0.3) is 0 Å². The molecule has 16 heavy (non-hydrogen) atoms. The second kappa shape index (κ2) is 3.89. The van der Waals surface area contributed by atoms with Gasteiger partial charge in [-0.2, -0.15) is 36.9 Å². The van der Waals surface area contributed by atoms with E-state index < -0.39 is 23.9 Å². The Hall–Kier alpha value is -1.97. The second-order valence-electron chi connectivity index (χ2n) is 2.29. The summed E-state index contributed by atoms with van der Waals surface area (Å²) in [6, 6.07) is 0.358. The van der Waals surface area contributed by atoms with Crippen molar-refractivity contribution in [1.82, 2.24) is 0 Å². The van der Waals surface area contributed by atoms with Gasteiger partial charge >= 0.3 is 23.9 Å². The highest BCUT2D eigenvalue weighted by atomic mass is 19.4. The fourth-order valence-electron chi connectivity index (χ4n) is 0.452. The van der Waals surface area contributed by atoms with Crippen LogP contribution in [0.5, 0.6) is 0 Å². The van der Waals surface area contributed by atoms with Crippen molar-refractivity contribution < 1.29 is 35.9 Å². The van der Waals surface area contributed by atoms with Crippen molar-refractivity contribution in [1.29, 1.82) is 10.5 Å². The van der Waals surface area contributed by atoms with Crippen LogP contribution in [0.2, 0.25) is 0 Å². The molecule has 0 saturated heterocycles. The van der Waals surface area contributed by atoms with Gasteiger partial charge in [-0.05, 0) is 0 Å². The van der Waals surface area contributed by atoms with Gasteiger partial charge in [-0.25, -0.2) is 4.79 Å². The summed E-state index contributed by atoms with van der Waals surface area (Å²) in [7, 11) is 0. The molecule has 0 aliphatic carbocycles. The number of nitriles is 2. The summed E-state index contributed by atoms with van der Waals surface area (Å²) in [4.78, 5) is 10.1. The highest BCUT2D eigenvalue weighted by Crippen LogP contribution is 2.34. The van der Waals surface area contributed by atoms with E-state index in [1.807, 2.05) is 0 Å². The molecule has 0 aromatic heterocycles. The number of carbonyl (C=O) groups is 1. The quantitative estimate of drug-likeness (QED) is 0.518. The molecule has 0 aliphatic rings. The molecule has 0 aromatic carbocycles. The van der Waals surface area contributed by atoms with E-state index in [2.05, 4.69) is 4.74 Å². The third-order valence-electron chi connectivity index (χ3n) is 1.19. The maximum absolute atomic E-state index is 12.0. The summed E-state index contributed by atoms with van der Waals surface area (Å²) in [5.41, 5.74) is -4.46. The molecule has 0 aromatic rings. The molecule has 0 radical (unpaired) electrons. The molecule has 0 fully saturated rings. The number of esters is 1. The summed E-state index contributed by atoms with van der Waals surface area (Å²) in [5.74, 6) is -3.27. The number of alkyl halides is 6. The van der Waals surface area contributed by atoms with Crippen molar-refractivity contribution in [3.05, 3.63) is 0 Å². The fraction of sp³-hybridized carbons (Fsp3) is 0.500. The van der Waals surface area contributed by atoms with Crippen molar-refractivity contribution in [2.24, 2.45) is 0 Å². The molecule has 0 atom stereocenters. The fourth-order valence-corrected chi connectivity index (χ4v) is 0.452. The summed E-state index contributed by atoms with van der Waals surface area (Å²) < 4.78 is 73.7. The molecule has 0 bridgehead atoms. The molecular weight excluding hydrogens is 246 g/mol. The van der Waals surface area contributed by atoms with Gasteiger partial charge in [0.15, 0.2) is 0 Å². The highest BCUT2D eigenvalue weighted by molar-refractivity contribution is 5.76. The molecule has 0 amide bonds. The normalized spacial score (nSPS) is 12.5. The Balaban J connectivity index is 5.26. The molecule has 0 spiro atoms. The molecule has 0 saturated carbocycles. The van der Waals surface area contributed by atoms with Gasteiger partial charge in [0.2, 0.25) is 0 Å². The Morgan fingerprint density at radius 1 is 1.00 bits per heavy atom. The largest absolute Gasteiger partial charge is 0.491 e. The van der Waals surface area contributed by atoms with Crippen LogP contribution in [0.25, 0.3) is 0 Å².